The van der Waals surface area contributed by atoms with Gasteiger partial charge in [0.1, 0.15) is 6.33 Å². The first-order valence-electron chi connectivity index (χ1n) is 3.46. The lowest BCUT2D eigenvalue weighted by Gasteiger charge is -2.02. The van der Waals surface area contributed by atoms with Gasteiger partial charge in [-0.25, -0.2) is 0 Å². The molecule has 2 aromatic rings. The lowest BCUT2D eigenvalue weighted by Crippen LogP contribution is -1.95. The van der Waals surface area contributed by atoms with Gasteiger partial charge in [-0.2, -0.15) is 4.68 Å². The van der Waals surface area contributed by atoms with Gasteiger partial charge in [0.15, 0.2) is 0 Å². The van der Waals surface area contributed by atoms with E-state index in [1.54, 1.807) is 12.1 Å². The molecule has 0 amide bonds. The summed E-state index contributed by atoms with van der Waals surface area (Å²) >= 11 is 9.21. The fourth-order valence-electron chi connectivity index (χ4n) is 0.933. The second-order valence-electron chi connectivity index (χ2n) is 2.35. The zero-order valence-corrected chi connectivity index (χ0v) is 8.70. The van der Waals surface area contributed by atoms with Gasteiger partial charge in [-0.15, -0.1) is 5.10 Å². The quantitative estimate of drug-likeness (QED) is 0.787. The van der Waals surface area contributed by atoms with Crippen molar-refractivity contribution >= 4 is 27.5 Å². The summed E-state index contributed by atoms with van der Waals surface area (Å²) in [6.45, 7) is 0. The minimum absolute atomic E-state index is 0.647. The Kier molecular flexibility index (Phi) is 2.28. The van der Waals surface area contributed by atoms with Gasteiger partial charge in [-0.3, -0.25) is 0 Å². The molecular weight excluding hydrogens is 255 g/mol. The van der Waals surface area contributed by atoms with Crippen molar-refractivity contribution < 1.29 is 0 Å². The van der Waals surface area contributed by atoms with Crippen LogP contribution < -0.4 is 0 Å². The lowest BCUT2D eigenvalue weighted by atomic mass is 10.3. The van der Waals surface area contributed by atoms with Gasteiger partial charge in [0.05, 0.1) is 5.69 Å². The fourth-order valence-corrected chi connectivity index (χ4v) is 1.53. The number of tetrazole rings is 1. The molecule has 2 rings (SSSR count). The highest BCUT2D eigenvalue weighted by Gasteiger charge is 2.03. The van der Waals surface area contributed by atoms with Crippen LogP contribution in [-0.2, 0) is 0 Å². The molecule has 13 heavy (non-hydrogen) atoms. The molecule has 66 valence electrons. The van der Waals surface area contributed by atoms with Gasteiger partial charge in [0.25, 0.3) is 0 Å². The third-order valence-corrected chi connectivity index (χ3v) is 2.41. The molecule has 1 aromatic heterocycles. The van der Waals surface area contributed by atoms with Gasteiger partial charge >= 0.3 is 0 Å². The highest BCUT2D eigenvalue weighted by molar-refractivity contribution is 9.10. The Morgan fingerprint density at radius 2 is 2.23 bits per heavy atom. The predicted octanol–water partition coefficient (Wildman–Crippen LogP) is 2.08. The molecule has 1 heterocycles. The van der Waals surface area contributed by atoms with E-state index in [-0.39, 0.29) is 0 Å². The van der Waals surface area contributed by atoms with Gasteiger partial charge in [0, 0.05) is 9.50 Å². The third kappa shape index (κ3) is 1.71. The average molecular weight is 259 g/mol. The first kappa shape index (κ1) is 8.65. The topological polar surface area (TPSA) is 43.6 Å². The molecule has 0 aliphatic carbocycles. The van der Waals surface area contributed by atoms with E-state index in [0.717, 1.165) is 10.2 Å². The number of hydrogen-bond donors (Lipinski definition) is 0. The van der Waals surface area contributed by atoms with Crippen molar-refractivity contribution in [2.75, 3.05) is 0 Å². The van der Waals surface area contributed by atoms with Crippen LogP contribution in [0.3, 0.4) is 0 Å². The Hall–Kier alpha value is -0.940. The van der Waals surface area contributed by atoms with Gasteiger partial charge < -0.3 is 0 Å². The summed E-state index contributed by atoms with van der Waals surface area (Å²) in [5.74, 6) is 0. The van der Waals surface area contributed by atoms with Crippen molar-refractivity contribution in [3.8, 4) is 5.69 Å². The molecule has 0 N–H and O–H groups in total. The van der Waals surface area contributed by atoms with E-state index in [4.69, 9.17) is 11.6 Å². The van der Waals surface area contributed by atoms with Crippen LogP contribution in [0.5, 0.6) is 0 Å². The average Bonchev–Trinajstić information content (AvgIpc) is 2.61. The zero-order chi connectivity index (χ0) is 9.26. The summed E-state index contributed by atoms with van der Waals surface area (Å²) in [5.41, 5.74) is 0.817. The van der Waals surface area contributed by atoms with E-state index in [1.807, 2.05) is 6.07 Å². The van der Waals surface area contributed by atoms with Crippen LogP contribution in [0.15, 0.2) is 29.0 Å². The maximum absolute atomic E-state index is 5.83. The second kappa shape index (κ2) is 3.43. The molecular formula is C7H4BrClN4. The molecule has 0 spiro atoms. The number of benzene rings is 1. The van der Waals surface area contributed by atoms with Crippen molar-refractivity contribution in [3.63, 3.8) is 0 Å². The maximum Gasteiger partial charge on any atom is 0.143 e. The van der Waals surface area contributed by atoms with Gasteiger partial charge in [-0.05, 0) is 44.6 Å². The van der Waals surface area contributed by atoms with Crippen molar-refractivity contribution in [2.45, 2.75) is 0 Å². The van der Waals surface area contributed by atoms with Crippen LogP contribution in [0.2, 0.25) is 5.02 Å². The van der Waals surface area contributed by atoms with E-state index in [0.29, 0.717) is 5.02 Å². The number of halogens is 2. The highest BCUT2D eigenvalue weighted by atomic mass is 79.9. The first-order chi connectivity index (χ1) is 6.27. The summed E-state index contributed by atoms with van der Waals surface area (Å²) in [7, 11) is 0. The monoisotopic (exact) mass is 258 g/mol. The number of rotatable bonds is 1. The van der Waals surface area contributed by atoms with Crippen molar-refractivity contribution in [3.05, 3.63) is 34.0 Å². The van der Waals surface area contributed by atoms with Crippen LogP contribution in [0.25, 0.3) is 5.69 Å². The Bertz CT molecular complexity index is 414. The molecule has 0 aliphatic rings. The minimum atomic E-state index is 0.647. The standard InChI is InChI=1S/C7H4BrClN4/c8-6-2-1-5(9)3-7(6)13-4-10-11-12-13/h1-4H. The molecule has 4 nitrogen and oxygen atoms in total. The summed E-state index contributed by atoms with van der Waals surface area (Å²) in [6.07, 6.45) is 1.51. The normalized spacial score (nSPS) is 10.3. The molecule has 1 aromatic carbocycles. The molecule has 0 aliphatic heterocycles. The Balaban J connectivity index is 2.57. The molecule has 0 bridgehead atoms. The minimum Gasteiger partial charge on any atom is -0.199 e. The SMILES string of the molecule is Clc1ccc(Br)c(-n2cnnn2)c1. The van der Waals surface area contributed by atoms with E-state index >= 15 is 0 Å². The smallest absolute Gasteiger partial charge is 0.143 e. The zero-order valence-electron chi connectivity index (χ0n) is 6.35. The fraction of sp³-hybridized carbons (Fsp3) is 0. The summed E-state index contributed by atoms with van der Waals surface area (Å²) in [5, 5.41) is 11.5. The van der Waals surface area contributed by atoms with Crippen LogP contribution in [0.1, 0.15) is 0 Å². The number of aromatic nitrogens is 4. The van der Waals surface area contributed by atoms with Crippen molar-refractivity contribution in [1.82, 2.24) is 20.2 Å². The lowest BCUT2D eigenvalue weighted by molar-refractivity contribution is 0.787. The molecule has 6 heteroatoms. The van der Waals surface area contributed by atoms with E-state index in [9.17, 15) is 0 Å². The first-order valence-corrected chi connectivity index (χ1v) is 4.63. The van der Waals surface area contributed by atoms with Crippen molar-refractivity contribution in [2.24, 2.45) is 0 Å². The molecule has 0 atom stereocenters. The van der Waals surface area contributed by atoms with Gasteiger partial charge in [-0.1, -0.05) is 11.6 Å². The summed E-state index contributed by atoms with van der Waals surface area (Å²) < 4.78 is 2.43. The van der Waals surface area contributed by atoms with E-state index in [2.05, 4.69) is 31.5 Å². The molecule has 0 fully saturated rings. The van der Waals surface area contributed by atoms with Gasteiger partial charge in [0.2, 0.25) is 0 Å². The molecule has 0 radical (unpaired) electrons. The Labute approximate surface area is 87.6 Å². The Morgan fingerprint density at radius 3 is 2.92 bits per heavy atom. The van der Waals surface area contributed by atoms with Crippen molar-refractivity contribution in [1.29, 1.82) is 0 Å². The van der Waals surface area contributed by atoms with E-state index < -0.39 is 0 Å². The summed E-state index contributed by atoms with van der Waals surface area (Å²) in [4.78, 5) is 0. The van der Waals surface area contributed by atoms with E-state index in [1.165, 1.54) is 11.0 Å². The third-order valence-electron chi connectivity index (χ3n) is 1.50. The maximum atomic E-state index is 5.83. The second-order valence-corrected chi connectivity index (χ2v) is 3.64. The van der Waals surface area contributed by atoms with Crippen LogP contribution >= 0.6 is 27.5 Å². The van der Waals surface area contributed by atoms with Crippen LogP contribution in [0.4, 0.5) is 0 Å². The molecule has 0 saturated heterocycles. The number of nitrogens with zero attached hydrogens (tertiary/aromatic N) is 4. The summed E-state index contributed by atoms with van der Waals surface area (Å²) in [6, 6.07) is 5.42. The Morgan fingerprint density at radius 1 is 1.38 bits per heavy atom. The highest BCUT2D eigenvalue weighted by Crippen LogP contribution is 2.23. The number of hydrogen-bond acceptors (Lipinski definition) is 3. The van der Waals surface area contributed by atoms with Crippen LogP contribution in [-0.4, -0.2) is 20.2 Å². The van der Waals surface area contributed by atoms with Crippen LogP contribution in [0, 0.1) is 0 Å². The predicted molar refractivity (Wildman–Crippen MR) is 51.9 cm³/mol. The molecule has 0 unspecified atom stereocenters. The largest absolute Gasteiger partial charge is 0.199 e. The molecule has 0 saturated carbocycles.